The van der Waals surface area contributed by atoms with E-state index >= 15 is 0 Å². The molecule has 1 N–H and O–H groups in total. The molecule has 2 rings (SSSR count). The largest absolute Gasteiger partial charge is 0.481 e. The topological polar surface area (TPSA) is 50.2 Å². The average Bonchev–Trinajstić information content (AvgIpc) is 2.64. The van der Waals surface area contributed by atoms with Gasteiger partial charge in [0.15, 0.2) is 0 Å². The van der Waals surface area contributed by atoms with Crippen LogP contribution in [0.4, 0.5) is 0 Å². The average molecular weight is 205 g/mol. The molecule has 0 radical (unpaired) electrons. The molecular formula is C12H15NO2. The molecule has 1 aliphatic rings. The highest BCUT2D eigenvalue weighted by atomic mass is 16.4. The predicted molar refractivity (Wildman–Crippen MR) is 56.8 cm³/mol. The van der Waals surface area contributed by atoms with E-state index in [1.165, 1.54) is 17.7 Å². The van der Waals surface area contributed by atoms with Crippen molar-refractivity contribution in [1.29, 1.82) is 0 Å². The van der Waals surface area contributed by atoms with Crippen molar-refractivity contribution < 1.29 is 9.90 Å². The minimum atomic E-state index is -0.740. The Balaban J connectivity index is 2.13. The highest BCUT2D eigenvalue weighted by molar-refractivity contribution is 5.69. The number of carboxylic acids is 1. The van der Waals surface area contributed by atoms with Crippen LogP contribution in [-0.4, -0.2) is 16.1 Å². The van der Waals surface area contributed by atoms with E-state index in [2.05, 4.69) is 11.1 Å². The second-order valence-electron chi connectivity index (χ2n) is 4.25. The Morgan fingerprint density at radius 3 is 3.13 bits per heavy atom. The normalized spacial score (nSPS) is 16.1. The van der Waals surface area contributed by atoms with Crippen LogP contribution in [0.5, 0.6) is 0 Å². The maximum absolute atomic E-state index is 10.7. The van der Waals surface area contributed by atoms with Crippen molar-refractivity contribution in [3.63, 3.8) is 0 Å². The second-order valence-corrected chi connectivity index (χ2v) is 4.25. The monoisotopic (exact) mass is 205 g/mol. The van der Waals surface area contributed by atoms with Gasteiger partial charge in [-0.25, -0.2) is 0 Å². The third kappa shape index (κ3) is 2.17. The summed E-state index contributed by atoms with van der Waals surface area (Å²) in [7, 11) is 0. The first-order chi connectivity index (χ1) is 7.16. The maximum atomic E-state index is 10.7. The molecule has 1 aliphatic carbocycles. The van der Waals surface area contributed by atoms with E-state index < -0.39 is 5.97 Å². The summed E-state index contributed by atoms with van der Waals surface area (Å²) in [6.45, 7) is 1.73. The van der Waals surface area contributed by atoms with Gasteiger partial charge in [-0.3, -0.25) is 9.78 Å². The Bertz CT molecular complexity index is 387. The summed E-state index contributed by atoms with van der Waals surface area (Å²) in [5, 5.41) is 8.82. The van der Waals surface area contributed by atoms with Gasteiger partial charge >= 0.3 is 5.97 Å². The van der Waals surface area contributed by atoms with Crippen LogP contribution in [0.2, 0.25) is 0 Å². The zero-order chi connectivity index (χ0) is 10.8. The van der Waals surface area contributed by atoms with Gasteiger partial charge in [-0.1, -0.05) is 13.0 Å². The standard InChI is InChI=1S/C12H15NO2/c1-8(12(14)15)5-9-6-10-3-2-4-11(10)13-7-9/h6-8H,2-5H2,1H3,(H,14,15). The van der Waals surface area contributed by atoms with Crippen molar-refractivity contribution in [1.82, 2.24) is 4.98 Å². The fraction of sp³-hybridized carbons (Fsp3) is 0.500. The number of aryl methyl sites for hydroxylation is 2. The summed E-state index contributed by atoms with van der Waals surface area (Å²) >= 11 is 0. The minimum Gasteiger partial charge on any atom is -0.481 e. The third-order valence-electron chi connectivity index (χ3n) is 2.94. The molecule has 0 aromatic carbocycles. The van der Waals surface area contributed by atoms with Gasteiger partial charge < -0.3 is 5.11 Å². The lowest BCUT2D eigenvalue weighted by Gasteiger charge is -2.07. The Morgan fingerprint density at radius 2 is 2.40 bits per heavy atom. The van der Waals surface area contributed by atoms with Gasteiger partial charge in [-0.2, -0.15) is 0 Å². The molecule has 0 aliphatic heterocycles. The number of aliphatic carboxylic acids is 1. The molecule has 80 valence electrons. The Hall–Kier alpha value is -1.38. The fourth-order valence-electron chi connectivity index (χ4n) is 2.03. The predicted octanol–water partition coefficient (Wildman–Crippen LogP) is 1.83. The van der Waals surface area contributed by atoms with Crippen molar-refractivity contribution in [2.45, 2.75) is 32.6 Å². The molecule has 0 fully saturated rings. The van der Waals surface area contributed by atoms with Crippen molar-refractivity contribution in [2.75, 3.05) is 0 Å². The van der Waals surface area contributed by atoms with E-state index in [1.807, 2.05) is 6.20 Å². The first-order valence-electron chi connectivity index (χ1n) is 5.36. The van der Waals surface area contributed by atoms with Crippen molar-refractivity contribution >= 4 is 5.97 Å². The molecule has 1 atom stereocenters. The third-order valence-corrected chi connectivity index (χ3v) is 2.94. The summed E-state index contributed by atoms with van der Waals surface area (Å²) in [5.74, 6) is -1.07. The zero-order valence-corrected chi connectivity index (χ0v) is 8.86. The number of nitrogens with zero attached hydrogens (tertiary/aromatic N) is 1. The summed E-state index contributed by atoms with van der Waals surface area (Å²) in [5.41, 5.74) is 3.55. The van der Waals surface area contributed by atoms with E-state index in [-0.39, 0.29) is 5.92 Å². The number of carboxylic acid groups (broad SMARTS) is 1. The quantitative estimate of drug-likeness (QED) is 0.819. The van der Waals surface area contributed by atoms with Gasteiger partial charge in [0, 0.05) is 11.9 Å². The fourth-order valence-corrected chi connectivity index (χ4v) is 2.03. The maximum Gasteiger partial charge on any atom is 0.306 e. The summed E-state index contributed by atoms with van der Waals surface area (Å²) < 4.78 is 0. The zero-order valence-electron chi connectivity index (χ0n) is 8.86. The van der Waals surface area contributed by atoms with Gasteiger partial charge in [-0.15, -0.1) is 0 Å². The highest BCUT2D eigenvalue weighted by Gasteiger charge is 2.15. The molecule has 3 nitrogen and oxygen atoms in total. The van der Waals surface area contributed by atoms with Crippen molar-refractivity contribution in [3.8, 4) is 0 Å². The lowest BCUT2D eigenvalue weighted by molar-refractivity contribution is -0.141. The number of rotatable bonds is 3. The van der Waals surface area contributed by atoms with E-state index in [9.17, 15) is 4.79 Å². The molecule has 0 spiro atoms. The minimum absolute atomic E-state index is 0.328. The molecule has 1 heterocycles. The van der Waals surface area contributed by atoms with Crippen LogP contribution in [-0.2, 0) is 24.1 Å². The van der Waals surface area contributed by atoms with E-state index in [0.29, 0.717) is 6.42 Å². The van der Waals surface area contributed by atoms with E-state index in [0.717, 1.165) is 18.4 Å². The first-order valence-corrected chi connectivity index (χ1v) is 5.36. The van der Waals surface area contributed by atoms with E-state index in [1.54, 1.807) is 6.92 Å². The van der Waals surface area contributed by atoms with Gasteiger partial charge in [0.2, 0.25) is 0 Å². The Kier molecular flexibility index (Phi) is 2.71. The molecule has 1 aromatic rings. The molecule has 0 amide bonds. The Labute approximate surface area is 89.2 Å². The van der Waals surface area contributed by atoms with Crippen LogP contribution in [0.15, 0.2) is 12.3 Å². The van der Waals surface area contributed by atoms with Crippen LogP contribution in [0, 0.1) is 5.92 Å². The highest BCUT2D eigenvalue weighted by Crippen LogP contribution is 2.21. The first kappa shape index (κ1) is 10.1. The van der Waals surface area contributed by atoms with Gasteiger partial charge in [0.05, 0.1) is 5.92 Å². The SMILES string of the molecule is CC(Cc1cnc2c(c1)CCC2)C(=O)O. The van der Waals surface area contributed by atoms with Gasteiger partial charge in [0.25, 0.3) is 0 Å². The van der Waals surface area contributed by atoms with Crippen molar-refractivity contribution in [2.24, 2.45) is 5.92 Å². The van der Waals surface area contributed by atoms with Crippen LogP contribution < -0.4 is 0 Å². The van der Waals surface area contributed by atoms with Crippen molar-refractivity contribution in [3.05, 3.63) is 29.1 Å². The summed E-state index contributed by atoms with van der Waals surface area (Å²) in [6, 6.07) is 2.12. The molecule has 0 saturated carbocycles. The molecule has 3 heteroatoms. The summed E-state index contributed by atoms with van der Waals surface area (Å²) in [4.78, 5) is 15.1. The molecule has 1 unspecified atom stereocenters. The summed E-state index contributed by atoms with van der Waals surface area (Å²) in [6.07, 6.45) is 5.75. The number of pyridine rings is 1. The van der Waals surface area contributed by atoms with Crippen LogP contribution >= 0.6 is 0 Å². The second kappa shape index (κ2) is 4.01. The lowest BCUT2D eigenvalue weighted by atomic mass is 10.0. The molecule has 0 bridgehead atoms. The number of aromatic nitrogens is 1. The van der Waals surface area contributed by atoms with Crippen LogP contribution in [0.1, 0.15) is 30.2 Å². The number of fused-ring (bicyclic) bond motifs is 1. The molecule has 15 heavy (non-hydrogen) atoms. The number of hydrogen-bond donors (Lipinski definition) is 1. The van der Waals surface area contributed by atoms with Crippen LogP contribution in [0.3, 0.4) is 0 Å². The van der Waals surface area contributed by atoms with Gasteiger partial charge in [-0.05, 0) is 36.8 Å². The number of carbonyl (C=O) groups is 1. The van der Waals surface area contributed by atoms with Crippen LogP contribution in [0.25, 0.3) is 0 Å². The lowest BCUT2D eigenvalue weighted by Crippen LogP contribution is -2.12. The van der Waals surface area contributed by atoms with E-state index in [4.69, 9.17) is 5.11 Å². The Morgan fingerprint density at radius 1 is 1.60 bits per heavy atom. The molecule has 1 aromatic heterocycles. The molecular weight excluding hydrogens is 190 g/mol. The number of hydrogen-bond acceptors (Lipinski definition) is 2. The van der Waals surface area contributed by atoms with Gasteiger partial charge in [0.1, 0.15) is 0 Å². The molecule has 0 saturated heterocycles. The smallest absolute Gasteiger partial charge is 0.306 e.